The average Bonchev–Trinajstić information content (AvgIpc) is 3.14. The van der Waals surface area contributed by atoms with Gasteiger partial charge in [-0.1, -0.05) is 24.3 Å². The molecule has 1 aliphatic heterocycles. The molecule has 0 atom stereocenters. The first-order valence-corrected chi connectivity index (χ1v) is 7.90. The first-order chi connectivity index (χ1) is 12.0. The number of rotatable bonds is 2. The molecule has 3 aromatic rings. The summed E-state index contributed by atoms with van der Waals surface area (Å²) < 4.78 is 26.8. The van der Waals surface area contributed by atoms with Crippen molar-refractivity contribution in [3.63, 3.8) is 0 Å². The summed E-state index contributed by atoms with van der Waals surface area (Å²) in [6.07, 6.45) is 0. The first-order valence-electron chi connectivity index (χ1n) is 7.90. The van der Waals surface area contributed by atoms with E-state index in [9.17, 15) is 13.6 Å². The standard InChI is InChI=1S/C19H15F2N3O/c1-11-4-2-3-5-15(11)18-16-9-24(10-17(16)22-23-18)19(25)12-6-13(20)8-14(21)7-12/h2-8H,9-10H2,1H3,(H,22,23). The number of amides is 1. The lowest BCUT2D eigenvalue weighted by Gasteiger charge is -2.16. The minimum absolute atomic E-state index is 0.00746. The molecule has 4 rings (SSSR count). The molecule has 0 radical (unpaired) electrons. The normalized spacial score (nSPS) is 13.2. The van der Waals surface area contributed by atoms with Crippen LogP contribution in [0.2, 0.25) is 0 Å². The van der Waals surface area contributed by atoms with Crippen LogP contribution in [0.25, 0.3) is 11.3 Å². The van der Waals surface area contributed by atoms with Crippen LogP contribution >= 0.6 is 0 Å². The molecule has 1 N–H and O–H groups in total. The molecule has 0 bridgehead atoms. The van der Waals surface area contributed by atoms with Gasteiger partial charge in [-0.3, -0.25) is 9.89 Å². The Labute approximate surface area is 143 Å². The van der Waals surface area contributed by atoms with Crippen molar-refractivity contribution >= 4 is 5.91 Å². The summed E-state index contributed by atoms with van der Waals surface area (Å²) in [5, 5.41) is 7.36. The maximum absolute atomic E-state index is 13.4. The largest absolute Gasteiger partial charge is 0.328 e. The Morgan fingerprint density at radius 1 is 1.12 bits per heavy atom. The lowest BCUT2D eigenvalue weighted by Crippen LogP contribution is -2.26. The van der Waals surface area contributed by atoms with Gasteiger partial charge in [0.1, 0.15) is 11.6 Å². The van der Waals surface area contributed by atoms with Crippen LogP contribution in [0.4, 0.5) is 8.78 Å². The summed E-state index contributed by atoms with van der Waals surface area (Å²) in [5.74, 6) is -1.93. The van der Waals surface area contributed by atoms with E-state index in [1.54, 1.807) is 4.90 Å². The van der Waals surface area contributed by atoms with Gasteiger partial charge in [0, 0.05) is 22.8 Å². The molecular formula is C19H15F2N3O. The highest BCUT2D eigenvalue weighted by molar-refractivity contribution is 5.94. The van der Waals surface area contributed by atoms with Crippen LogP contribution in [0.5, 0.6) is 0 Å². The summed E-state index contributed by atoms with van der Waals surface area (Å²) in [6.45, 7) is 2.70. The van der Waals surface area contributed by atoms with E-state index in [4.69, 9.17) is 0 Å². The summed E-state index contributed by atoms with van der Waals surface area (Å²) in [4.78, 5) is 14.1. The van der Waals surface area contributed by atoms with Crippen molar-refractivity contribution in [2.75, 3.05) is 0 Å². The lowest BCUT2D eigenvalue weighted by atomic mass is 10.0. The average molecular weight is 339 g/mol. The van der Waals surface area contributed by atoms with E-state index in [0.29, 0.717) is 13.1 Å². The molecule has 25 heavy (non-hydrogen) atoms. The number of halogens is 2. The molecule has 0 unspecified atom stereocenters. The number of hydrogen-bond acceptors (Lipinski definition) is 2. The van der Waals surface area contributed by atoms with Gasteiger partial charge in [0.25, 0.3) is 5.91 Å². The number of aromatic amines is 1. The second kappa shape index (κ2) is 5.81. The quantitative estimate of drug-likeness (QED) is 0.772. The maximum atomic E-state index is 13.4. The highest BCUT2D eigenvalue weighted by Crippen LogP contribution is 2.32. The Kier molecular flexibility index (Phi) is 3.60. The summed E-state index contributed by atoms with van der Waals surface area (Å²) in [5.41, 5.74) is 4.71. The first kappa shape index (κ1) is 15.5. The van der Waals surface area contributed by atoms with E-state index in [0.717, 1.165) is 46.3 Å². The molecule has 1 amide bonds. The van der Waals surface area contributed by atoms with Crippen molar-refractivity contribution in [2.24, 2.45) is 0 Å². The molecule has 2 heterocycles. The van der Waals surface area contributed by atoms with Gasteiger partial charge < -0.3 is 4.90 Å². The molecule has 1 aromatic heterocycles. The lowest BCUT2D eigenvalue weighted by molar-refractivity contribution is 0.0748. The second-order valence-corrected chi connectivity index (χ2v) is 6.16. The van der Waals surface area contributed by atoms with Gasteiger partial charge in [0.15, 0.2) is 0 Å². The molecule has 0 fully saturated rings. The van der Waals surface area contributed by atoms with Gasteiger partial charge in [0.2, 0.25) is 0 Å². The van der Waals surface area contributed by atoms with Crippen molar-refractivity contribution < 1.29 is 13.6 Å². The monoisotopic (exact) mass is 339 g/mol. The Bertz CT molecular complexity index is 960. The molecule has 0 saturated heterocycles. The Morgan fingerprint density at radius 3 is 2.56 bits per heavy atom. The second-order valence-electron chi connectivity index (χ2n) is 6.16. The van der Waals surface area contributed by atoms with Crippen LogP contribution in [0.1, 0.15) is 27.2 Å². The fourth-order valence-corrected chi connectivity index (χ4v) is 3.20. The molecule has 2 aromatic carbocycles. The van der Waals surface area contributed by atoms with Gasteiger partial charge in [-0.2, -0.15) is 5.10 Å². The number of carbonyl (C=O) groups excluding carboxylic acids is 1. The highest BCUT2D eigenvalue weighted by atomic mass is 19.1. The highest BCUT2D eigenvalue weighted by Gasteiger charge is 2.29. The summed E-state index contributed by atoms with van der Waals surface area (Å²) in [6, 6.07) is 10.7. The van der Waals surface area contributed by atoms with Crippen LogP contribution in [0.15, 0.2) is 42.5 Å². The Hall–Kier alpha value is -3.02. The maximum Gasteiger partial charge on any atom is 0.254 e. The molecule has 0 spiro atoms. The van der Waals surface area contributed by atoms with Crippen molar-refractivity contribution in [3.8, 4) is 11.3 Å². The van der Waals surface area contributed by atoms with Crippen LogP contribution in [0, 0.1) is 18.6 Å². The molecule has 4 nitrogen and oxygen atoms in total. The minimum Gasteiger partial charge on any atom is -0.328 e. The fraction of sp³-hybridized carbons (Fsp3) is 0.158. The number of aromatic nitrogens is 2. The van der Waals surface area contributed by atoms with Gasteiger partial charge in [-0.25, -0.2) is 8.78 Å². The fourth-order valence-electron chi connectivity index (χ4n) is 3.20. The third-order valence-corrected chi connectivity index (χ3v) is 4.45. The summed E-state index contributed by atoms with van der Waals surface area (Å²) in [7, 11) is 0. The smallest absolute Gasteiger partial charge is 0.254 e. The van der Waals surface area contributed by atoms with Gasteiger partial charge in [-0.15, -0.1) is 0 Å². The third-order valence-electron chi connectivity index (χ3n) is 4.45. The zero-order valence-electron chi connectivity index (χ0n) is 13.5. The van der Waals surface area contributed by atoms with Crippen LogP contribution in [0.3, 0.4) is 0 Å². The number of hydrogen-bond donors (Lipinski definition) is 1. The number of benzene rings is 2. The zero-order chi connectivity index (χ0) is 17.6. The molecule has 126 valence electrons. The van der Waals surface area contributed by atoms with Gasteiger partial charge in [-0.05, 0) is 24.6 Å². The molecular weight excluding hydrogens is 324 g/mol. The van der Waals surface area contributed by atoms with E-state index in [-0.39, 0.29) is 5.56 Å². The van der Waals surface area contributed by atoms with E-state index in [2.05, 4.69) is 10.2 Å². The summed E-state index contributed by atoms with van der Waals surface area (Å²) >= 11 is 0. The zero-order valence-corrected chi connectivity index (χ0v) is 13.5. The Balaban J connectivity index is 1.64. The van der Waals surface area contributed by atoms with Crippen LogP contribution < -0.4 is 0 Å². The van der Waals surface area contributed by atoms with Crippen molar-refractivity contribution in [2.45, 2.75) is 20.0 Å². The Morgan fingerprint density at radius 2 is 1.84 bits per heavy atom. The van der Waals surface area contributed by atoms with E-state index < -0.39 is 17.5 Å². The number of fused-ring (bicyclic) bond motifs is 1. The predicted octanol–water partition coefficient (Wildman–Crippen LogP) is 3.82. The van der Waals surface area contributed by atoms with Gasteiger partial charge >= 0.3 is 0 Å². The van der Waals surface area contributed by atoms with E-state index in [1.807, 2.05) is 31.2 Å². The van der Waals surface area contributed by atoms with E-state index in [1.165, 1.54) is 0 Å². The minimum atomic E-state index is -0.761. The van der Waals surface area contributed by atoms with Crippen molar-refractivity contribution in [3.05, 3.63) is 76.5 Å². The van der Waals surface area contributed by atoms with Crippen molar-refractivity contribution in [1.29, 1.82) is 0 Å². The molecule has 0 saturated carbocycles. The molecule has 0 aliphatic carbocycles. The number of H-pyrrole nitrogens is 1. The molecule has 1 aliphatic rings. The van der Waals surface area contributed by atoms with Crippen LogP contribution in [-0.4, -0.2) is 21.0 Å². The third kappa shape index (κ3) is 2.69. The number of aryl methyl sites for hydroxylation is 1. The van der Waals surface area contributed by atoms with Gasteiger partial charge in [0.05, 0.1) is 24.5 Å². The van der Waals surface area contributed by atoms with Crippen molar-refractivity contribution in [1.82, 2.24) is 15.1 Å². The number of nitrogens with one attached hydrogen (secondary N) is 1. The van der Waals surface area contributed by atoms with Crippen LogP contribution in [-0.2, 0) is 13.1 Å². The molecule has 6 heteroatoms. The number of carbonyl (C=O) groups is 1. The number of nitrogens with zero attached hydrogens (tertiary/aromatic N) is 2. The predicted molar refractivity (Wildman–Crippen MR) is 88.7 cm³/mol. The SMILES string of the molecule is Cc1ccccc1-c1n[nH]c2c1CN(C(=O)c1cc(F)cc(F)c1)C2. The van der Waals surface area contributed by atoms with E-state index >= 15 is 0 Å². The topological polar surface area (TPSA) is 49.0 Å².